The van der Waals surface area contributed by atoms with Crippen molar-refractivity contribution in [1.29, 1.82) is 0 Å². The van der Waals surface area contributed by atoms with Crippen molar-refractivity contribution in [3.63, 3.8) is 0 Å². The van der Waals surface area contributed by atoms with Crippen LogP contribution in [0, 0.1) is 6.92 Å². The maximum absolute atomic E-state index is 3.90. The van der Waals surface area contributed by atoms with E-state index in [9.17, 15) is 0 Å². The molecule has 0 aliphatic rings. The van der Waals surface area contributed by atoms with Crippen molar-refractivity contribution in [2.45, 2.75) is 26.2 Å². The van der Waals surface area contributed by atoms with E-state index in [1.54, 1.807) is 0 Å². The van der Waals surface area contributed by atoms with Crippen molar-refractivity contribution < 1.29 is 0 Å². The molecule has 0 saturated carbocycles. The van der Waals surface area contributed by atoms with Gasteiger partial charge >= 0.3 is 0 Å². The van der Waals surface area contributed by atoms with E-state index in [0.29, 0.717) is 0 Å². The summed E-state index contributed by atoms with van der Waals surface area (Å²) < 4.78 is 0. The molecule has 0 aliphatic heterocycles. The van der Waals surface area contributed by atoms with Gasteiger partial charge in [0.25, 0.3) is 0 Å². The lowest BCUT2D eigenvalue weighted by Gasteiger charge is -2.04. The van der Waals surface area contributed by atoms with Crippen LogP contribution in [-0.2, 0) is 12.8 Å². The molecule has 0 aromatic heterocycles. The fourth-order valence-electron chi connectivity index (χ4n) is 1.31. The van der Waals surface area contributed by atoms with Crippen LogP contribution < -0.4 is 0 Å². The third-order valence-electron chi connectivity index (χ3n) is 1.91. The highest BCUT2D eigenvalue weighted by Gasteiger charge is 1.96. The maximum Gasteiger partial charge on any atom is -0.0276 e. The van der Waals surface area contributed by atoms with Gasteiger partial charge in [0, 0.05) is 0 Å². The van der Waals surface area contributed by atoms with E-state index in [1.807, 2.05) is 0 Å². The summed E-state index contributed by atoms with van der Waals surface area (Å²) in [5, 5.41) is 0. The molecule has 0 heteroatoms. The van der Waals surface area contributed by atoms with Gasteiger partial charge < -0.3 is 0 Å². The Bertz CT molecular complexity index is 213. The van der Waals surface area contributed by atoms with Gasteiger partial charge in [-0.1, -0.05) is 37.6 Å². The Morgan fingerprint density at radius 2 is 1.82 bits per heavy atom. The third kappa shape index (κ3) is 2.07. The third-order valence-corrected chi connectivity index (χ3v) is 1.91. The van der Waals surface area contributed by atoms with Crippen molar-refractivity contribution in [1.82, 2.24) is 0 Å². The second-order valence-corrected chi connectivity index (χ2v) is 2.77. The van der Waals surface area contributed by atoms with Crippen LogP contribution in [0.1, 0.15) is 24.5 Å². The first-order chi connectivity index (χ1) is 5.38. The highest BCUT2D eigenvalue weighted by Crippen LogP contribution is 2.10. The molecule has 0 unspecified atom stereocenters. The molecule has 0 N–H and O–H groups in total. The fraction of sp³-hybridized carbons (Fsp3) is 0.364. The molecule has 0 bridgehead atoms. The van der Waals surface area contributed by atoms with Crippen molar-refractivity contribution >= 4 is 0 Å². The zero-order chi connectivity index (χ0) is 8.10. The first kappa shape index (κ1) is 8.32. The summed E-state index contributed by atoms with van der Waals surface area (Å²) in [5.74, 6) is 0. The Morgan fingerprint density at radius 3 is 2.36 bits per heavy atom. The van der Waals surface area contributed by atoms with E-state index in [0.717, 1.165) is 6.42 Å². The fourth-order valence-corrected chi connectivity index (χ4v) is 1.31. The van der Waals surface area contributed by atoms with Crippen molar-refractivity contribution in [3.05, 3.63) is 42.3 Å². The average Bonchev–Trinajstić information content (AvgIpc) is 2.06. The van der Waals surface area contributed by atoms with Crippen molar-refractivity contribution in [2.75, 3.05) is 0 Å². The monoisotopic (exact) mass is 147 g/mol. The van der Waals surface area contributed by atoms with E-state index in [2.05, 4.69) is 38.1 Å². The second kappa shape index (κ2) is 4.17. The maximum atomic E-state index is 3.90. The molecule has 59 valence electrons. The summed E-state index contributed by atoms with van der Waals surface area (Å²) in [5.41, 5.74) is 2.86. The summed E-state index contributed by atoms with van der Waals surface area (Å²) in [7, 11) is 0. The first-order valence-electron chi connectivity index (χ1n) is 4.24. The topological polar surface area (TPSA) is 0 Å². The van der Waals surface area contributed by atoms with Gasteiger partial charge in [0.2, 0.25) is 0 Å². The van der Waals surface area contributed by atoms with Gasteiger partial charge in [0.05, 0.1) is 0 Å². The Labute approximate surface area is 69.3 Å². The van der Waals surface area contributed by atoms with Crippen LogP contribution in [0.25, 0.3) is 0 Å². The molecule has 0 saturated heterocycles. The van der Waals surface area contributed by atoms with Crippen LogP contribution in [0.15, 0.2) is 24.3 Å². The number of hydrogen-bond acceptors (Lipinski definition) is 0. The SMILES string of the molecule is [CH2]Cc1ccccc1CCC. The molecule has 11 heavy (non-hydrogen) atoms. The molecule has 0 aliphatic carbocycles. The Kier molecular flexibility index (Phi) is 3.15. The minimum Gasteiger partial charge on any atom is -0.0651 e. The van der Waals surface area contributed by atoms with Gasteiger partial charge in [-0.15, -0.1) is 0 Å². The first-order valence-corrected chi connectivity index (χ1v) is 4.24. The molecule has 0 fully saturated rings. The molecule has 1 radical (unpaired) electrons. The molecule has 1 aromatic rings. The van der Waals surface area contributed by atoms with Crippen LogP contribution in [0.4, 0.5) is 0 Å². The number of hydrogen-bond donors (Lipinski definition) is 0. The molecule has 0 heterocycles. The van der Waals surface area contributed by atoms with E-state index >= 15 is 0 Å². The van der Waals surface area contributed by atoms with Crippen LogP contribution in [0.5, 0.6) is 0 Å². The summed E-state index contributed by atoms with van der Waals surface area (Å²) >= 11 is 0. The molecule has 0 spiro atoms. The quantitative estimate of drug-likeness (QED) is 0.616. The van der Waals surface area contributed by atoms with Gasteiger partial charge in [0.1, 0.15) is 0 Å². The lowest BCUT2D eigenvalue weighted by molar-refractivity contribution is 0.906. The van der Waals surface area contributed by atoms with Crippen LogP contribution in [0.3, 0.4) is 0 Å². The van der Waals surface area contributed by atoms with Gasteiger partial charge in [0.15, 0.2) is 0 Å². The second-order valence-electron chi connectivity index (χ2n) is 2.77. The van der Waals surface area contributed by atoms with Crippen LogP contribution >= 0.6 is 0 Å². The van der Waals surface area contributed by atoms with Crippen molar-refractivity contribution in [2.24, 2.45) is 0 Å². The molecule has 1 rings (SSSR count). The van der Waals surface area contributed by atoms with Gasteiger partial charge in [-0.05, 0) is 30.9 Å². The number of rotatable bonds is 3. The highest BCUT2D eigenvalue weighted by molar-refractivity contribution is 5.27. The highest BCUT2D eigenvalue weighted by atomic mass is 14.0. The Balaban J connectivity index is 2.83. The summed E-state index contributed by atoms with van der Waals surface area (Å²) in [6, 6.07) is 8.55. The Morgan fingerprint density at radius 1 is 1.18 bits per heavy atom. The molecule has 0 atom stereocenters. The molecular formula is C11H15. The van der Waals surface area contributed by atoms with Crippen molar-refractivity contribution in [3.8, 4) is 0 Å². The zero-order valence-electron chi connectivity index (χ0n) is 7.14. The minimum absolute atomic E-state index is 0.913. The molecule has 1 aromatic carbocycles. The average molecular weight is 147 g/mol. The van der Waals surface area contributed by atoms with Crippen LogP contribution in [0.2, 0.25) is 0 Å². The largest absolute Gasteiger partial charge is 0.0651 e. The number of benzene rings is 1. The molecule has 0 amide bonds. The summed E-state index contributed by atoms with van der Waals surface area (Å²) in [4.78, 5) is 0. The van der Waals surface area contributed by atoms with Gasteiger partial charge in [-0.3, -0.25) is 0 Å². The van der Waals surface area contributed by atoms with Crippen LogP contribution in [-0.4, -0.2) is 0 Å². The standard InChI is InChI=1S/C11H15/c1-3-7-11-9-6-5-8-10(11)4-2/h5-6,8-9H,2-4,7H2,1H3. The molecule has 0 nitrogen and oxygen atoms in total. The summed E-state index contributed by atoms with van der Waals surface area (Å²) in [6.07, 6.45) is 3.32. The number of aryl methyl sites for hydroxylation is 1. The minimum atomic E-state index is 0.913. The predicted octanol–water partition coefficient (Wildman–Crippen LogP) is 3.02. The normalized spacial score (nSPS) is 10.0. The lowest BCUT2D eigenvalue weighted by Crippen LogP contribution is -1.90. The van der Waals surface area contributed by atoms with E-state index in [-0.39, 0.29) is 0 Å². The predicted molar refractivity (Wildman–Crippen MR) is 49.5 cm³/mol. The zero-order valence-corrected chi connectivity index (χ0v) is 7.14. The van der Waals surface area contributed by atoms with E-state index < -0.39 is 0 Å². The Hall–Kier alpha value is -0.780. The molecular weight excluding hydrogens is 132 g/mol. The smallest absolute Gasteiger partial charge is 0.0276 e. The van der Waals surface area contributed by atoms with Gasteiger partial charge in [-0.2, -0.15) is 0 Å². The van der Waals surface area contributed by atoms with E-state index in [4.69, 9.17) is 0 Å². The van der Waals surface area contributed by atoms with E-state index in [1.165, 1.54) is 24.0 Å². The summed E-state index contributed by atoms with van der Waals surface area (Å²) in [6.45, 7) is 6.11. The lowest BCUT2D eigenvalue weighted by atomic mass is 10.0. The van der Waals surface area contributed by atoms with Gasteiger partial charge in [-0.25, -0.2) is 0 Å².